The van der Waals surface area contributed by atoms with Crippen LogP contribution in [0.4, 0.5) is 0 Å². The summed E-state index contributed by atoms with van der Waals surface area (Å²) in [6, 6.07) is 30.6. The van der Waals surface area contributed by atoms with Crippen LogP contribution < -0.4 is 0 Å². The average molecular weight is 319 g/mol. The number of rotatable bonds is 3. The summed E-state index contributed by atoms with van der Waals surface area (Å²) in [6.07, 6.45) is 0. The van der Waals surface area contributed by atoms with Crippen molar-refractivity contribution in [1.82, 2.24) is 0 Å². The number of benzene rings is 3. The lowest BCUT2D eigenvalue weighted by Crippen LogP contribution is -2.17. The maximum absolute atomic E-state index is 2.30. The Morgan fingerprint density at radius 3 is 1.48 bits per heavy atom. The molecule has 0 bridgehead atoms. The molecular weight excluding hydrogens is 296 g/mol. The van der Waals surface area contributed by atoms with E-state index in [0.717, 1.165) is 0 Å². The van der Waals surface area contributed by atoms with Crippen molar-refractivity contribution in [3.05, 3.63) is 90.5 Å². The van der Waals surface area contributed by atoms with Crippen molar-refractivity contribution in [3.8, 4) is 0 Å². The summed E-state index contributed by atoms with van der Waals surface area (Å²) in [4.78, 5) is 4.17. The summed E-state index contributed by atoms with van der Waals surface area (Å²) in [5.74, 6) is 0. The summed E-state index contributed by atoms with van der Waals surface area (Å²) in [6.45, 7) is 6.88. The quantitative estimate of drug-likeness (QED) is 0.513. The van der Waals surface area contributed by atoms with Gasteiger partial charge in [0.05, 0.1) is 10.9 Å². The zero-order chi connectivity index (χ0) is 16.3. The molecule has 3 aromatic rings. The first-order chi connectivity index (χ1) is 11.1. The zero-order valence-electron chi connectivity index (χ0n) is 14.0. The Morgan fingerprint density at radius 2 is 1.00 bits per heavy atom. The molecule has 0 radical (unpaired) electrons. The van der Waals surface area contributed by atoms with E-state index in [1.165, 1.54) is 20.2 Å². The van der Waals surface area contributed by atoms with Crippen LogP contribution in [0.25, 0.3) is 0 Å². The molecule has 0 aliphatic heterocycles. The highest BCUT2D eigenvalue weighted by atomic mass is 32.2. The van der Waals surface area contributed by atoms with Crippen LogP contribution in [-0.2, 0) is 16.3 Å². The minimum atomic E-state index is -0.0727. The minimum absolute atomic E-state index is 0.0727. The molecule has 0 fully saturated rings. The Bertz CT molecular complexity index is 715. The second kappa shape index (κ2) is 6.64. The van der Waals surface area contributed by atoms with Crippen molar-refractivity contribution in [2.24, 2.45) is 0 Å². The van der Waals surface area contributed by atoms with Gasteiger partial charge in [-0.1, -0.05) is 75.4 Å². The van der Waals surface area contributed by atoms with Gasteiger partial charge in [0, 0.05) is 5.56 Å². The molecule has 0 aliphatic carbocycles. The summed E-state index contributed by atoms with van der Waals surface area (Å²) in [5, 5.41) is 0. The van der Waals surface area contributed by atoms with E-state index in [1.807, 2.05) is 0 Å². The van der Waals surface area contributed by atoms with Crippen molar-refractivity contribution in [2.75, 3.05) is 0 Å². The lowest BCUT2D eigenvalue weighted by atomic mass is 9.87. The molecule has 0 N–H and O–H groups in total. The van der Waals surface area contributed by atoms with Gasteiger partial charge < -0.3 is 0 Å². The van der Waals surface area contributed by atoms with Gasteiger partial charge in [0.25, 0.3) is 0 Å². The molecular formula is C22H23S+. The molecule has 0 nitrogen and oxygen atoms in total. The summed E-state index contributed by atoms with van der Waals surface area (Å²) in [7, 11) is -0.0727. The lowest BCUT2D eigenvalue weighted by Gasteiger charge is -2.22. The lowest BCUT2D eigenvalue weighted by molar-refractivity contribution is 0.577. The Kier molecular flexibility index (Phi) is 4.58. The van der Waals surface area contributed by atoms with Crippen LogP contribution in [0, 0.1) is 0 Å². The van der Waals surface area contributed by atoms with Gasteiger partial charge in [0.2, 0.25) is 0 Å². The SMILES string of the molecule is CC(C)(C)c1ccccc1[S+](c1ccccc1)c1ccccc1. The van der Waals surface area contributed by atoms with Crippen LogP contribution >= 0.6 is 0 Å². The first kappa shape index (κ1) is 15.9. The monoisotopic (exact) mass is 319 g/mol. The average Bonchev–Trinajstić information content (AvgIpc) is 2.57. The van der Waals surface area contributed by atoms with Gasteiger partial charge in [-0.15, -0.1) is 0 Å². The molecule has 0 saturated carbocycles. The number of hydrogen-bond acceptors (Lipinski definition) is 0. The van der Waals surface area contributed by atoms with Crippen LogP contribution in [0.15, 0.2) is 99.6 Å². The zero-order valence-corrected chi connectivity index (χ0v) is 14.8. The Balaban J connectivity index is 2.22. The van der Waals surface area contributed by atoms with Crippen molar-refractivity contribution in [3.63, 3.8) is 0 Å². The highest BCUT2D eigenvalue weighted by molar-refractivity contribution is 7.97. The van der Waals surface area contributed by atoms with Crippen LogP contribution in [0.2, 0.25) is 0 Å². The second-order valence-corrected chi connectivity index (χ2v) is 8.67. The van der Waals surface area contributed by atoms with Crippen LogP contribution in [0.3, 0.4) is 0 Å². The molecule has 3 rings (SSSR count). The fraction of sp³-hybridized carbons (Fsp3) is 0.182. The molecule has 0 amide bonds. The topological polar surface area (TPSA) is 0 Å². The van der Waals surface area contributed by atoms with Gasteiger partial charge in [-0.3, -0.25) is 0 Å². The second-order valence-electron chi connectivity index (χ2n) is 6.68. The van der Waals surface area contributed by atoms with Gasteiger partial charge in [-0.2, -0.15) is 0 Å². The summed E-state index contributed by atoms with van der Waals surface area (Å²) < 4.78 is 0. The van der Waals surface area contributed by atoms with E-state index in [-0.39, 0.29) is 16.3 Å². The molecule has 0 spiro atoms. The van der Waals surface area contributed by atoms with Gasteiger partial charge in [-0.05, 0) is 35.7 Å². The molecule has 0 saturated heterocycles. The third kappa shape index (κ3) is 3.51. The predicted molar refractivity (Wildman–Crippen MR) is 100 cm³/mol. The molecule has 1 heteroatoms. The molecule has 0 aromatic heterocycles. The standard InChI is InChI=1S/C22H23S/c1-22(2,3)20-16-10-11-17-21(20)23(18-12-6-4-7-13-18)19-14-8-5-9-15-19/h4-17H,1-3H3/q+1. The maximum atomic E-state index is 2.30. The minimum Gasteiger partial charge on any atom is -0.0619 e. The first-order valence-corrected chi connectivity index (χ1v) is 9.24. The van der Waals surface area contributed by atoms with Gasteiger partial charge in [0.15, 0.2) is 14.7 Å². The van der Waals surface area contributed by atoms with Gasteiger partial charge >= 0.3 is 0 Å². The van der Waals surface area contributed by atoms with Crippen LogP contribution in [0.1, 0.15) is 26.3 Å². The molecule has 0 aliphatic rings. The van der Waals surface area contributed by atoms with Crippen molar-refractivity contribution >= 4 is 10.9 Å². The van der Waals surface area contributed by atoms with E-state index in [1.54, 1.807) is 0 Å². The van der Waals surface area contributed by atoms with Crippen molar-refractivity contribution in [1.29, 1.82) is 0 Å². The third-order valence-corrected chi connectivity index (χ3v) is 6.16. The molecule has 116 valence electrons. The van der Waals surface area contributed by atoms with Gasteiger partial charge in [-0.25, -0.2) is 0 Å². The van der Waals surface area contributed by atoms with Crippen LogP contribution in [-0.4, -0.2) is 0 Å². The maximum Gasteiger partial charge on any atom is 0.170 e. The van der Waals surface area contributed by atoms with Crippen LogP contribution in [0.5, 0.6) is 0 Å². The smallest absolute Gasteiger partial charge is 0.0619 e. The highest BCUT2D eigenvalue weighted by Crippen LogP contribution is 2.37. The largest absolute Gasteiger partial charge is 0.170 e. The molecule has 0 atom stereocenters. The Morgan fingerprint density at radius 1 is 0.565 bits per heavy atom. The van der Waals surface area contributed by atoms with Crippen molar-refractivity contribution < 1.29 is 0 Å². The molecule has 0 unspecified atom stereocenters. The summed E-state index contributed by atoms with van der Waals surface area (Å²) in [5.41, 5.74) is 1.56. The molecule has 3 aromatic carbocycles. The van der Waals surface area contributed by atoms with Crippen molar-refractivity contribution in [2.45, 2.75) is 40.9 Å². The Hall–Kier alpha value is -1.99. The fourth-order valence-corrected chi connectivity index (χ4v) is 5.21. The molecule has 23 heavy (non-hydrogen) atoms. The van der Waals surface area contributed by atoms with Gasteiger partial charge in [0.1, 0.15) is 0 Å². The molecule has 0 heterocycles. The van der Waals surface area contributed by atoms with E-state index in [2.05, 4.69) is 106 Å². The highest BCUT2D eigenvalue weighted by Gasteiger charge is 2.33. The Labute approximate surface area is 142 Å². The normalized spacial score (nSPS) is 11.7. The van der Waals surface area contributed by atoms with E-state index in [4.69, 9.17) is 0 Å². The van der Waals surface area contributed by atoms with E-state index in [9.17, 15) is 0 Å². The third-order valence-electron chi connectivity index (χ3n) is 3.87. The first-order valence-electron chi connectivity index (χ1n) is 8.01. The summed E-state index contributed by atoms with van der Waals surface area (Å²) >= 11 is 0. The number of hydrogen-bond donors (Lipinski definition) is 0. The van der Waals surface area contributed by atoms with E-state index in [0.29, 0.717) is 0 Å². The fourth-order valence-electron chi connectivity index (χ4n) is 2.77. The predicted octanol–water partition coefficient (Wildman–Crippen LogP) is 6.08. The van der Waals surface area contributed by atoms with E-state index >= 15 is 0 Å². The van der Waals surface area contributed by atoms with E-state index < -0.39 is 0 Å².